The molecule has 0 spiro atoms. The average molecular weight is 260 g/mol. The second-order valence-electron chi connectivity index (χ2n) is 4.43. The van der Waals surface area contributed by atoms with Crippen LogP contribution >= 0.6 is 0 Å². The first-order valence-corrected chi connectivity index (χ1v) is 6.31. The molecule has 0 bridgehead atoms. The minimum atomic E-state index is 0.424. The van der Waals surface area contributed by atoms with Gasteiger partial charge in [-0.05, 0) is 5.56 Å². The smallest absolute Gasteiger partial charge is 0.198 e. The molecule has 4 nitrogen and oxygen atoms in total. The Hall–Kier alpha value is -2.93. The van der Waals surface area contributed by atoms with Crippen molar-refractivity contribution >= 4 is 11.4 Å². The standard InChI is InChI=1S/C16H12N4/c17-11-10-12-6-8-14(9-7-12)16-15(18-20-19-16)13-4-2-1-3-5-13/h1-9H,10H2,(H,18,19)/q+1. The maximum absolute atomic E-state index is 8.69. The van der Waals surface area contributed by atoms with E-state index < -0.39 is 0 Å². The molecule has 0 amide bonds. The Morgan fingerprint density at radius 1 is 1.00 bits per heavy atom. The van der Waals surface area contributed by atoms with Gasteiger partial charge in [-0.3, -0.25) is 0 Å². The fourth-order valence-electron chi connectivity index (χ4n) is 2.11. The lowest BCUT2D eigenvalue weighted by molar-refractivity contribution is 0.822. The summed E-state index contributed by atoms with van der Waals surface area (Å²) in [5, 5.41) is 16.8. The Balaban J connectivity index is 1.98. The maximum atomic E-state index is 8.69. The van der Waals surface area contributed by atoms with Crippen molar-refractivity contribution < 1.29 is 0 Å². The molecule has 2 aromatic rings. The Kier molecular flexibility index (Phi) is 3.25. The van der Waals surface area contributed by atoms with E-state index in [2.05, 4.69) is 21.8 Å². The molecule has 3 rings (SSSR count). The third-order valence-corrected chi connectivity index (χ3v) is 3.12. The van der Waals surface area contributed by atoms with Crippen LogP contribution in [0.25, 0.3) is 11.4 Å². The highest BCUT2D eigenvalue weighted by Gasteiger charge is 2.24. The molecule has 0 aromatic heterocycles. The van der Waals surface area contributed by atoms with Crippen LogP contribution in [0.4, 0.5) is 0 Å². The van der Waals surface area contributed by atoms with Crippen molar-refractivity contribution in [1.82, 2.24) is 10.6 Å². The van der Waals surface area contributed by atoms with E-state index in [0.29, 0.717) is 6.42 Å². The quantitative estimate of drug-likeness (QED) is 0.922. The monoisotopic (exact) mass is 260 g/mol. The molecule has 2 aromatic carbocycles. The van der Waals surface area contributed by atoms with Gasteiger partial charge in [0.1, 0.15) is 10.8 Å². The summed E-state index contributed by atoms with van der Waals surface area (Å²) in [6.45, 7) is 0. The molecule has 1 aliphatic rings. The number of benzene rings is 2. The molecule has 1 aliphatic heterocycles. The van der Waals surface area contributed by atoms with Crippen LogP contribution < -0.4 is 10.6 Å². The molecule has 0 saturated carbocycles. The van der Waals surface area contributed by atoms with Crippen molar-refractivity contribution in [2.45, 2.75) is 6.42 Å². The van der Waals surface area contributed by atoms with Crippen molar-refractivity contribution in [2.75, 3.05) is 0 Å². The van der Waals surface area contributed by atoms with E-state index in [-0.39, 0.29) is 0 Å². The zero-order valence-electron chi connectivity index (χ0n) is 10.7. The molecular formula is C16H12N4+. The van der Waals surface area contributed by atoms with Crippen molar-refractivity contribution in [3.05, 3.63) is 71.3 Å². The van der Waals surface area contributed by atoms with Gasteiger partial charge in [-0.25, -0.2) is 0 Å². The molecule has 0 fully saturated rings. The van der Waals surface area contributed by atoms with E-state index in [0.717, 1.165) is 28.1 Å². The van der Waals surface area contributed by atoms with Gasteiger partial charge in [0.15, 0.2) is 5.70 Å². The van der Waals surface area contributed by atoms with Gasteiger partial charge in [0.25, 0.3) is 0 Å². The van der Waals surface area contributed by atoms with Gasteiger partial charge in [-0.2, -0.15) is 5.26 Å². The summed E-state index contributed by atoms with van der Waals surface area (Å²) in [5.41, 5.74) is 7.71. The van der Waals surface area contributed by atoms with Gasteiger partial charge in [0.2, 0.25) is 0 Å². The summed E-state index contributed by atoms with van der Waals surface area (Å²) in [5.74, 6) is 0. The molecule has 0 atom stereocenters. The van der Waals surface area contributed by atoms with E-state index in [9.17, 15) is 0 Å². The van der Waals surface area contributed by atoms with Gasteiger partial charge in [-0.15, -0.1) is 0 Å². The normalized spacial score (nSPS) is 13.2. The lowest BCUT2D eigenvalue weighted by Crippen LogP contribution is -2.08. The van der Waals surface area contributed by atoms with Crippen molar-refractivity contribution in [1.29, 1.82) is 5.26 Å². The zero-order valence-corrected chi connectivity index (χ0v) is 10.7. The SMILES string of the molecule is N#CCc1ccc(C2=C(c3ccccc3)N=[N+]N2)cc1. The Morgan fingerprint density at radius 2 is 1.75 bits per heavy atom. The van der Waals surface area contributed by atoms with Crippen LogP contribution in [-0.2, 0) is 6.42 Å². The van der Waals surface area contributed by atoms with E-state index in [4.69, 9.17) is 5.26 Å². The fraction of sp³-hybridized carbons (Fsp3) is 0.0625. The summed E-state index contributed by atoms with van der Waals surface area (Å²) in [7, 11) is 0. The molecular weight excluding hydrogens is 248 g/mol. The number of hydrogen-bond acceptors (Lipinski definition) is 4. The van der Waals surface area contributed by atoms with Crippen LogP contribution in [0.15, 0.2) is 59.7 Å². The van der Waals surface area contributed by atoms with E-state index in [1.54, 1.807) is 0 Å². The highest BCUT2D eigenvalue weighted by Crippen LogP contribution is 2.27. The Bertz CT molecular complexity index is 706. The van der Waals surface area contributed by atoms with Crippen LogP contribution in [0.1, 0.15) is 16.7 Å². The van der Waals surface area contributed by atoms with Crippen LogP contribution in [0.5, 0.6) is 0 Å². The van der Waals surface area contributed by atoms with Crippen LogP contribution in [0, 0.1) is 11.3 Å². The lowest BCUT2D eigenvalue weighted by Gasteiger charge is -2.02. The minimum Gasteiger partial charge on any atom is -0.198 e. The first-order valence-electron chi connectivity index (χ1n) is 6.31. The fourth-order valence-corrected chi connectivity index (χ4v) is 2.11. The predicted octanol–water partition coefficient (Wildman–Crippen LogP) is 2.88. The molecule has 0 unspecified atom stereocenters. The maximum Gasteiger partial charge on any atom is 0.331 e. The number of rotatable bonds is 3. The Morgan fingerprint density at radius 3 is 2.45 bits per heavy atom. The van der Waals surface area contributed by atoms with Gasteiger partial charge in [0, 0.05) is 11.1 Å². The highest BCUT2D eigenvalue weighted by atomic mass is 15.5. The van der Waals surface area contributed by atoms with Gasteiger partial charge >= 0.3 is 5.22 Å². The lowest BCUT2D eigenvalue weighted by atomic mass is 10.0. The minimum absolute atomic E-state index is 0.424. The number of hydrogen-bond donors (Lipinski definition) is 1. The summed E-state index contributed by atoms with van der Waals surface area (Å²) >= 11 is 0. The van der Waals surface area contributed by atoms with E-state index in [1.807, 2.05) is 54.6 Å². The van der Waals surface area contributed by atoms with Gasteiger partial charge in [0.05, 0.1) is 12.5 Å². The van der Waals surface area contributed by atoms with Crippen LogP contribution in [0.2, 0.25) is 0 Å². The van der Waals surface area contributed by atoms with Crippen molar-refractivity contribution in [3.8, 4) is 6.07 Å². The van der Waals surface area contributed by atoms with Gasteiger partial charge < -0.3 is 0 Å². The second-order valence-corrected chi connectivity index (χ2v) is 4.43. The van der Waals surface area contributed by atoms with Crippen molar-refractivity contribution in [3.63, 3.8) is 0 Å². The van der Waals surface area contributed by atoms with E-state index >= 15 is 0 Å². The summed E-state index contributed by atoms with van der Waals surface area (Å²) in [6, 6.07) is 19.9. The topological polar surface area (TPSA) is 62.3 Å². The predicted molar refractivity (Wildman–Crippen MR) is 76.7 cm³/mol. The van der Waals surface area contributed by atoms with E-state index in [1.165, 1.54) is 0 Å². The summed E-state index contributed by atoms with van der Waals surface area (Å²) in [4.78, 5) is 0. The molecule has 4 heteroatoms. The highest BCUT2D eigenvalue weighted by molar-refractivity contribution is 5.89. The number of nitriles is 1. The first kappa shape index (κ1) is 12.1. The summed E-state index contributed by atoms with van der Waals surface area (Å²) < 4.78 is 0. The molecule has 20 heavy (non-hydrogen) atoms. The first-order chi connectivity index (χ1) is 9.88. The number of nitrogens with zero attached hydrogens (tertiary/aromatic N) is 3. The molecule has 1 N–H and O–H groups in total. The molecule has 0 saturated heterocycles. The molecule has 0 aliphatic carbocycles. The van der Waals surface area contributed by atoms with Crippen LogP contribution in [0.3, 0.4) is 0 Å². The third-order valence-electron chi connectivity index (χ3n) is 3.12. The van der Waals surface area contributed by atoms with Gasteiger partial charge in [-0.1, -0.05) is 60.0 Å². The second kappa shape index (κ2) is 5.37. The Labute approximate surface area is 117 Å². The molecule has 1 heterocycles. The third kappa shape index (κ3) is 2.29. The largest absolute Gasteiger partial charge is 0.331 e. The van der Waals surface area contributed by atoms with Crippen LogP contribution in [-0.4, -0.2) is 0 Å². The summed E-state index contributed by atoms with van der Waals surface area (Å²) in [6.07, 6.45) is 0.424. The zero-order chi connectivity index (χ0) is 13.8. The van der Waals surface area contributed by atoms with Crippen molar-refractivity contribution in [2.24, 2.45) is 5.11 Å². The molecule has 1 radical (unpaired) electrons. The average Bonchev–Trinajstić information content (AvgIpc) is 2.99. The molecule has 95 valence electrons. The number of nitrogens with one attached hydrogen (secondary N) is 1.